The van der Waals surface area contributed by atoms with Crippen molar-refractivity contribution in [3.05, 3.63) is 28.7 Å². The third kappa shape index (κ3) is 6.47. The molecule has 22 heavy (non-hydrogen) atoms. The Labute approximate surface area is 139 Å². The molecule has 1 aromatic rings. The smallest absolute Gasteiger partial charge is 0.408 e. The molecule has 0 saturated heterocycles. The number of alkyl carbamates (subject to hydrolysis) is 1. The number of nitrogens with one attached hydrogen (secondary N) is 2. The van der Waals surface area contributed by atoms with Gasteiger partial charge in [-0.15, -0.1) is 0 Å². The van der Waals surface area contributed by atoms with E-state index < -0.39 is 17.7 Å². The first kappa shape index (κ1) is 18.5. The van der Waals surface area contributed by atoms with Gasteiger partial charge in [-0.2, -0.15) is 0 Å². The Morgan fingerprint density at radius 2 is 1.86 bits per heavy atom. The van der Waals surface area contributed by atoms with Crippen LogP contribution < -0.4 is 10.6 Å². The van der Waals surface area contributed by atoms with Crippen molar-refractivity contribution in [2.45, 2.75) is 46.3 Å². The Morgan fingerprint density at radius 3 is 2.36 bits per heavy atom. The summed E-state index contributed by atoms with van der Waals surface area (Å²) in [5.41, 5.74) is 0.0582. The maximum atomic E-state index is 12.4. The second kappa shape index (κ2) is 7.63. The molecule has 0 aromatic heterocycles. The number of rotatable bonds is 4. The molecule has 0 radical (unpaired) electrons. The molecule has 122 valence electrons. The number of benzene rings is 1. The second-order valence-corrected chi connectivity index (χ2v) is 7.28. The average Bonchev–Trinajstić information content (AvgIpc) is 2.33. The molecule has 2 amide bonds. The van der Waals surface area contributed by atoms with Crippen molar-refractivity contribution >= 4 is 33.6 Å². The van der Waals surface area contributed by atoms with Gasteiger partial charge in [-0.25, -0.2) is 4.79 Å². The first-order valence-corrected chi connectivity index (χ1v) is 7.94. The Hall–Kier alpha value is -1.56. The summed E-state index contributed by atoms with van der Waals surface area (Å²) >= 11 is 3.35. The number of anilines is 1. The maximum absolute atomic E-state index is 12.4. The van der Waals surface area contributed by atoms with E-state index in [1.54, 1.807) is 32.9 Å². The average molecular weight is 371 g/mol. The number of hydrogen-bond acceptors (Lipinski definition) is 3. The van der Waals surface area contributed by atoms with Gasteiger partial charge in [0.2, 0.25) is 5.91 Å². The lowest BCUT2D eigenvalue weighted by Crippen LogP contribution is -2.48. The van der Waals surface area contributed by atoms with Crippen LogP contribution in [0.2, 0.25) is 0 Å². The van der Waals surface area contributed by atoms with Gasteiger partial charge in [-0.05, 0) is 44.9 Å². The van der Waals surface area contributed by atoms with Crippen molar-refractivity contribution in [1.29, 1.82) is 0 Å². The third-order valence-corrected chi connectivity index (χ3v) is 3.21. The molecule has 2 N–H and O–H groups in total. The summed E-state index contributed by atoms with van der Waals surface area (Å²) < 4.78 is 6.07. The zero-order chi connectivity index (χ0) is 16.9. The number of amides is 2. The van der Waals surface area contributed by atoms with Gasteiger partial charge in [0.25, 0.3) is 0 Å². The van der Waals surface area contributed by atoms with Crippen LogP contribution >= 0.6 is 15.9 Å². The van der Waals surface area contributed by atoms with Crippen LogP contribution in [0.25, 0.3) is 0 Å². The molecule has 6 heteroatoms. The number of ether oxygens (including phenoxy) is 1. The largest absolute Gasteiger partial charge is 0.444 e. The molecule has 1 rings (SSSR count). The van der Waals surface area contributed by atoms with Crippen molar-refractivity contribution in [3.8, 4) is 0 Å². The Morgan fingerprint density at radius 1 is 1.23 bits per heavy atom. The molecule has 1 unspecified atom stereocenters. The fourth-order valence-corrected chi connectivity index (χ4v) is 2.15. The van der Waals surface area contributed by atoms with Crippen molar-refractivity contribution in [2.24, 2.45) is 5.92 Å². The molecule has 0 fully saturated rings. The second-order valence-electron chi connectivity index (χ2n) is 6.37. The van der Waals surface area contributed by atoms with E-state index in [1.807, 2.05) is 26.0 Å². The molecule has 1 atom stereocenters. The van der Waals surface area contributed by atoms with Gasteiger partial charge in [0.1, 0.15) is 11.6 Å². The molecular weight excluding hydrogens is 348 g/mol. The highest BCUT2D eigenvalue weighted by Crippen LogP contribution is 2.17. The lowest BCUT2D eigenvalue weighted by molar-refractivity contribution is -0.119. The minimum atomic E-state index is -0.672. The molecule has 5 nitrogen and oxygen atoms in total. The molecule has 0 aliphatic rings. The van der Waals surface area contributed by atoms with E-state index >= 15 is 0 Å². The van der Waals surface area contributed by atoms with E-state index in [-0.39, 0.29) is 11.8 Å². The van der Waals surface area contributed by atoms with Gasteiger partial charge < -0.3 is 15.4 Å². The SMILES string of the molecule is CC(C)C(NC(=O)OC(C)(C)C)C(=O)Nc1cccc(Br)c1. The van der Waals surface area contributed by atoms with Crippen LogP contribution in [0.3, 0.4) is 0 Å². The molecule has 0 spiro atoms. The van der Waals surface area contributed by atoms with E-state index in [0.717, 1.165) is 4.47 Å². The third-order valence-electron chi connectivity index (χ3n) is 2.71. The summed E-state index contributed by atoms with van der Waals surface area (Å²) in [6.07, 6.45) is -0.601. The summed E-state index contributed by atoms with van der Waals surface area (Å²) in [7, 11) is 0. The number of carbonyl (C=O) groups is 2. The maximum Gasteiger partial charge on any atom is 0.408 e. The van der Waals surface area contributed by atoms with Crippen molar-refractivity contribution < 1.29 is 14.3 Å². The van der Waals surface area contributed by atoms with E-state index in [1.165, 1.54) is 0 Å². The van der Waals surface area contributed by atoms with Gasteiger partial charge >= 0.3 is 6.09 Å². The van der Waals surface area contributed by atoms with Crippen molar-refractivity contribution in [1.82, 2.24) is 5.32 Å². The predicted molar refractivity (Wildman–Crippen MR) is 90.8 cm³/mol. The summed E-state index contributed by atoms with van der Waals surface area (Å²) in [5.74, 6) is -0.348. The zero-order valence-corrected chi connectivity index (χ0v) is 15.2. The van der Waals surface area contributed by atoms with Gasteiger partial charge in [0, 0.05) is 10.2 Å². The number of carbonyl (C=O) groups excluding carboxylic acids is 2. The molecular formula is C16H23BrN2O3. The monoisotopic (exact) mass is 370 g/mol. The summed E-state index contributed by atoms with van der Waals surface area (Å²) in [6.45, 7) is 9.06. The minimum absolute atomic E-state index is 0.0697. The van der Waals surface area contributed by atoms with Crippen molar-refractivity contribution in [3.63, 3.8) is 0 Å². The summed E-state index contributed by atoms with van der Waals surface area (Å²) in [6, 6.07) is 6.60. The lowest BCUT2D eigenvalue weighted by atomic mass is 10.0. The van der Waals surface area contributed by atoms with Gasteiger partial charge in [0.15, 0.2) is 0 Å². The topological polar surface area (TPSA) is 67.4 Å². The Kier molecular flexibility index (Phi) is 6.41. The summed E-state index contributed by atoms with van der Waals surface area (Å²) in [4.78, 5) is 24.2. The van der Waals surface area contributed by atoms with Gasteiger partial charge in [0.05, 0.1) is 0 Å². The standard InChI is InChI=1S/C16H23BrN2O3/c1-10(2)13(19-15(21)22-16(3,4)5)14(20)18-12-8-6-7-11(17)9-12/h6-10,13H,1-5H3,(H,18,20)(H,19,21). The van der Waals surface area contributed by atoms with E-state index in [2.05, 4.69) is 26.6 Å². The fourth-order valence-electron chi connectivity index (χ4n) is 1.76. The highest BCUT2D eigenvalue weighted by molar-refractivity contribution is 9.10. The zero-order valence-electron chi connectivity index (χ0n) is 13.6. The van der Waals surface area contributed by atoms with Crippen LogP contribution in [0.1, 0.15) is 34.6 Å². The Bertz CT molecular complexity index is 538. The van der Waals surface area contributed by atoms with E-state index in [9.17, 15) is 9.59 Å². The highest BCUT2D eigenvalue weighted by Gasteiger charge is 2.26. The quantitative estimate of drug-likeness (QED) is 0.843. The van der Waals surface area contributed by atoms with E-state index in [4.69, 9.17) is 4.74 Å². The lowest BCUT2D eigenvalue weighted by Gasteiger charge is -2.25. The minimum Gasteiger partial charge on any atom is -0.444 e. The van der Waals surface area contributed by atoms with Gasteiger partial charge in [-0.1, -0.05) is 35.8 Å². The van der Waals surface area contributed by atoms with Crippen LogP contribution in [0.4, 0.5) is 10.5 Å². The first-order valence-electron chi connectivity index (χ1n) is 7.14. The highest BCUT2D eigenvalue weighted by atomic mass is 79.9. The van der Waals surface area contributed by atoms with Crippen LogP contribution in [0.5, 0.6) is 0 Å². The summed E-state index contributed by atoms with van der Waals surface area (Å²) in [5, 5.41) is 5.42. The molecule has 0 aliphatic heterocycles. The molecule has 0 aliphatic carbocycles. The molecule has 1 aromatic carbocycles. The molecule has 0 bridgehead atoms. The van der Waals surface area contributed by atoms with Crippen molar-refractivity contribution in [2.75, 3.05) is 5.32 Å². The number of halogens is 1. The van der Waals surface area contributed by atoms with E-state index in [0.29, 0.717) is 5.69 Å². The normalized spacial score (nSPS) is 12.7. The van der Waals surface area contributed by atoms with Crippen LogP contribution in [0.15, 0.2) is 28.7 Å². The fraction of sp³-hybridized carbons (Fsp3) is 0.500. The van der Waals surface area contributed by atoms with Crippen LogP contribution in [-0.2, 0) is 9.53 Å². The van der Waals surface area contributed by atoms with Crippen LogP contribution in [0, 0.1) is 5.92 Å². The molecule has 0 heterocycles. The number of hydrogen-bond donors (Lipinski definition) is 2. The van der Waals surface area contributed by atoms with Crippen LogP contribution in [-0.4, -0.2) is 23.6 Å². The predicted octanol–water partition coefficient (Wildman–Crippen LogP) is 3.94. The molecule has 0 saturated carbocycles. The van der Waals surface area contributed by atoms with Gasteiger partial charge in [-0.3, -0.25) is 4.79 Å². The first-order chi connectivity index (χ1) is 10.1. The Balaban J connectivity index is 2.74.